The van der Waals surface area contributed by atoms with Gasteiger partial charge in [0.05, 0.1) is 17.1 Å². The third kappa shape index (κ3) is 4.65. The van der Waals surface area contributed by atoms with E-state index in [-0.39, 0.29) is 12.1 Å². The highest BCUT2D eigenvalue weighted by atomic mass is 16.5. The lowest BCUT2D eigenvalue weighted by Gasteiger charge is -2.24. The summed E-state index contributed by atoms with van der Waals surface area (Å²) >= 11 is 0. The van der Waals surface area contributed by atoms with E-state index in [4.69, 9.17) is 9.15 Å². The Labute approximate surface area is 252 Å². The summed E-state index contributed by atoms with van der Waals surface area (Å²) < 4.78 is 15.5. The van der Waals surface area contributed by atoms with Crippen LogP contribution in [-0.4, -0.2) is 11.0 Å². The van der Waals surface area contributed by atoms with Crippen molar-refractivity contribution >= 4 is 50.0 Å². The van der Waals surface area contributed by atoms with Gasteiger partial charge in [0.15, 0.2) is 11.8 Å². The molecule has 0 radical (unpaired) electrons. The smallest absolute Gasteiger partial charge is 0.374 e. The number of anilines is 1. The predicted octanol–water partition coefficient (Wildman–Crippen LogP) is 9.31. The molecule has 0 saturated carbocycles. The van der Waals surface area contributed by atoms with Crippen LogP contribution in [0.25, 0.3) is 44.3 Å². The molecule has 0 unspecified atom stereocenters. The van der Waals surface area contributed by atoms with Crippen LogP contribution in [0.1, 0.15) is 56.3 Å². The SMILES string of the molecule is Cc1cc(C)cc(C(=Cc2oc3ccc4ccncc4c3[n+]2C(C)C)C=C2Oc3ccc4ccccc4c3N2C(C)C)c1. The predicted molar refractivity (Wildman–Crippen MR) is 176 cm³/mol. The van der Waals surface area contributed by atoms with Crippen molar-refractivity contribution in [2.24, 2.45) is 0 Å². The Balaban J connectivity index is 1.47. The van der Waals surface area contributed by atoms with E-state index < -0.39 is 0 Å². The normalized spacial score (nSPS) is 14.6. The molecule has 0 amide bonds. The zero-order chi connectivity index (χ0) is 29.8. The quantitative estimate of drug-likeness (QED) is 0.195. The maximum Gasteiger partial charge on any atom is 0.374 e. The van der Waals surface area contributed by atoms with E-state index in [1.54, 1.807) is 0 Å². The van der Waals surface area contributed by atoms with E-state index in [0.29, 0.717) is 0 Å². The Bertz CT molecular complexity index is 2080. The monoisotopic (exact) mass is 566 g/mol. The van der Waals surface area contributed by atoms with Gasteiger partial charge in [0.1, 0.15) is 0 Å². The van der Waals surface area contributed by atoms with Crippen LogP contribution in [0.15, 0.2) is 102 Å². The number of pyridine rings is 1. The summed E-state index contributed by atoms with van der Waals surface area (Å²) in [6.07, 6.45) is 8.09. The van der Waals surface area contributed by atoms with Gasteiger partial charge in [-0.25, -0.2) is 0 Å². The Morgan fingerprint density at radius 1 is 0.860 bits per heavy atom. The highest BCUT2D eigenvalue weighted by Gasteiger charge is 2.32. The van der Waals surface area contributed by atoms with Crippen molar-refractivity contribution in [1.82, 2.24) is 4.98 Å². The van der Waals surface area contributed by atoms with E-state index in [9.17, 15) is 0 Å². The second kappa shape index (κ2) is 10.4. The molecule has 0 spiro atoms. The third-order valence-corrected chi connectivity index (χ3v) is 8.15. The summed E-state index contributed by atoms with van der Waals surface area (Å²) in [5.41, 5.74) is 7.55. The summed E-state index contributed by atoms with van der Waals surface area (Å²) in [6, 6.07) is 25.9. The first-order valence-electron chi connectivity index (χ1n) is 15.0. The second-order valence-corrected chi connectivity index (χ2v) is 12.1. The lowest BCUT2D eigenvalue weighted by molar-refractivity contribution is -0.696. The molecule has 2 aromatic heterocycles. The molecule has 1 aliphatic rings. The van der Waals surface area contributed by atoms with E-state index in [1.807, 2.05) is 18.5 Å². The van der Waals surface area contributed by atoms with Gasteiger partial charge in [-0.15, -0.1) is 0 Å². The fourth-order valence-corrected chi connectivity index (χ4v) is 6.41. The van der Waals surface area contributed by atoms with Crippen LogP contribution in [0.4, 0.5) is 5.69 Å². The van der Waals surface area contributed by atoms with Crippen molar-refractivity contribution in [1.29, 1.82) is 0 Å². The average molecular weight is 567 g/mol. The van der Waals surface area contributed by atoms with Crippen molar-refractivity contribution in [3.8, 4) is 5.75 Å². The number of allylic oxidation sites excluding steroid dienone is 2. The van der Waals surface area contributed by atoms with Gasteiger partial charge in [0.2, 0.25) is 11.5 Å². The van der Waals surface area contributed by atoms with Gasteiger partial charge in [0.25, 0.3) is 5.52 Å². The fraction of sp³-hybridized carbons (Fsp3) is 0.211. The van der Waals surface area contributed by atoms with E-state index >= 15 is 0 Å². The molecular formula is C38H36N3O2+. The lowest BCUT2D eigenvalue weighted by atomic mass is 10.00. The van der Waals surface area contributed by atoms with E-state index in [2.05, 4.69) is 135 Å². The summed E-state index contributed by atoms with van der Waals surface area (Å²) in [6.45, 7) is 13.1. The van der Waals surface area contributed by atoms with Crippen molar-refractivity contribution in [3.63, 3.8) is 0 Å². The molecule has 0 fully saturated rings. The van der Waals surface area contributed by atoms with Crippen LogP contribution < -0.4 is 14.2 Å². The van der Waals surface area contributed by atoms with Gasteiger partial charge in [-0.3, -0.25) is 4.98 Å². The number of ether oxygens (including phenoxy) is 1. The summed E-state index contributed by atoms with van der Waals surface area (Å²) in [7, 11) is 0. The highest BCUT2D eigenvalue weighted by molar-refractivity contribution is 6.02. The summed E-state index contributed by atoms with van der Waals surface area (Å²) in [4.78, 5) is 6.74. The molecule has 214 valence electrons. The number of nitrogens with zero attached hydrogens (tertiary/aromatic N) is 3. The number of benzene rings is 4. The molecule has 0 atom stereocenters. The van der Waals surface area contributed by atoms with Crippen molar-refractivity contribution < 1.29 is 13.7 Å². The first-order chi connectivity index (χ1) is 20.8. The number of aromatic nitrogens is 2. The Hall–Kier alpha value is -4.90. The maximum absolute atomic E-state index is 6.63. The van der Waals surface area contributed by atoms with Crippen LogP contribution in [0.3, 0.4) is 0 Å². The Morgan fingerprint density at radius 3 is 2.37 bits per heavy atom. The van der Waals surface area contributed by atoms with E-state index in [1.165, 1.54) is 21.9 Å². The number of rotatable bonds is 5. The van der Waals surface area contributed by atoms with Gasteiger partial charge in [0, 0.05) is 29.9 Å². The molecule has 5 heteroatoms. The standard InChI is InChI=1S/C38H36N3O2/c1-23(2)40-35(42-33-13-11-27-9-7-8-10-31(27)37(33)40)20-30(29-18-25(5)17-26(6)19-29)21-36-41(24(3)4)38-32-22-39-16-15-28(32)12-14-34(38)43-36/h7-24H,1-6H3/q+1. The number of aryl methyl sites for hydroxylation is 2. The average Bonchev–Trinajstić information content (AvgIpc) is 3.55. The largest absolute Gasteiger partial charge is 0.439 e. The van der Waals surface area contributed by atoms with Crippen LogP contribution in [0, 0.1) is 13.8 Å². The summed E-state index contributed by atoms with van der Waals surface area (Å²) in [5, 5.41) is 4.60. The lowest BCUT2D eigenvalue weighted by Crippen LogP contribution is -2.37. The minimum atomic E-state index is 0.164. The first kappa shape index (κ1) is 27.0. The number of hydrogen-bond donors (Lipinski definition) is 0. The molecule has 0 N–H and O–H groups in total. The number of oxazole rings is 1. The van der Waals surface area contributed by atoms with Crippen LogP contribution in [-0.2, 0) is 0 Å². The van der Waals surface area contributed by atoms with Crippen molar-refractivity contribution in [3.05, 3.63) is 120 Å². The molecule has 7 rings (SSSR count). The van der Waals surface area contributed by atoms with Crippen LogP contribution in [0.2, 0.25) is 0 Å². The van der Waals surface area contributed by atoms with Crippen LogP contribution >= 0.6 is 0 Å². The maximum atomic E-state index is 6.63. The fourth-order valence-electron chi connectivity index (χ4n) is 6.41. The van der Waals surface area contributed by atoms with E-state index in [0.717, 1.165) is 56.2 Å². The topological polar surface area (TPSA) is 42.4 Å². The molecular weight excluding hydrogens is 530 g/mol. The molecule has 0 aliphatic carbocycles. The van der Waals surface area contributed by atoms with Gasteiger partial charge in [-0.2, -0.15) is 4.57 Å². The van der Waals surface area contributed by atoms with Crippen LogP contribution in [0.5, 0.6) is 5.75 Å². The Morgan fingerprint density at radius 2 is 1.60 bits per heavy atom. The Kier molecular flexibility index (Phi) is 6.54. The number of fused-ring (bicyclic) bond motifs is 6. The molecule has 3 heterocycles. The molecule has 5 nitrogen and oxygen atoms in total. The van der Waals surface area contributed by atoms with Gasteiger partial charge in [-0.05, 0) is 81.7 Å². The molecule has 0 bridgehead atoms. The zero-order valence-electron chi connectivity index (χ0n) is 25.6. The zero-order valence-corrected chi connectivity index (χ0v) is 25.6. The van der Waals surface area contributed by atoms with Gasteiger partial charge >= 0.3 is 5.89 Å². The molecule has 43 heavy (non-hydrogen) atoms. The molecule has 6 aromatic rings. The number of hydrogen-bond acceptors (Lipinski definition) is 4. The van der Waals surface area contributed by atoms with Gasteiger partial charge in [-0.1, -0.05) is 65.7 Å². The molecule has 4 aromatic carbocycles. The third-order valence-electron chi connectivity index (χ3n) is 8.15. The van der Waals surface area contributed by atoms with Crippen molar-refractivity contribution in [2.75, 3.05) is 4.90 Å². The van der Waals surface area contributed by atoms with Crippen molar-refractivity contribution in [2.45, 2.75) is 53.6 Å². The molecule has 0 saturated heterocycles. The second-order valence-electron chi connectivity index (χ2n) is 12.1. The molecule has 1 aliphatic heterocycles. The summed E-state index contributed by atoms with van der Waals surface area (Å²) in [5.74, 6) is 2.46. The van der Waals surface area contributed by atoms with Gasteiger partial charge < -0.3 is 14.1 Å². The first-order valence-corrected chi connectivity index (χ1v) is 15.0. The highest BCUT2D eigenvalue weighted by Crippen LogP contribution is 2.46. The minimum Gasteiger partial charge on any atom is -0.439 e. The minimum absolute atomic E-state index is 0.164.